The Balaban J connectivity index is 1.39. The molecule has 1 amide bonds. The molecule has 1 N–H and O–H groups in total. The highest BCUT2D eigenvalue weighted by Crippen LogP contribution is 2.24. The third-order valence-electron chi connectivity index (χ3n) is 5.35. The Morgan fingerprint density at radius 3 is 2.48 bits per heavy atom. The molecule has 0 spiro atoms. The molecule has 1 fully saturated rings. The van der Waals surface area contributed by atoms with Gasteiger partial charge >= 0.3 is 12.1 Å². The number of hydrogen-bond acceptors (Lipinski definition) is 6. The van der Waals surface area contributed by atoms with Gasteiger partial charge in [-0.15, -0.1) is 0 Å². The van der Waals surface area contributed by atoms with Gasteiger partial charge in [-0.2, -0.15) is 0 Å². The van der Waals surface area contributed by atoms with E-state index in [0.29, 0.717) is 38.5 Å². The standard InChI is InChI=1S/C23H32N2O6/c1-23(2,3)30-22(28)25-12-10-16(11-13-25)15-29-18-6-4-17(5-7-18)20-14-19(31-24-20)8-9-21(26)27/h4-7,16,19H,8-15H2,1-3H3,(H,26,27)/t19-/m1/s1. The number of benzene rings is 1. The molecule has 1 atom stereocenters. The number of rotatable bonds is 7. The van der Waals surface area contributed by atoms with Crippen LogP contribution in [0.2, 0.25) is 0 Å². The Hall–Kier alpha value is -2.77. The van der Waals surface area contributed by atoms with Crippen LogP contribution in [0.4, 0.5) is 4.79 Å². The Morgan fingerprint density at radius 1 is 1.19 bits per heavy atom. The lowest BCUT2D eigenvalue weighted by Gasteiger charge is -2.33. The van der Waals surface area contributed by atoms with Crippen LogP contribution in [-0.2, 0) is 14.4 Å². The van der Waals surface area contributed by atoms with E-state index in [1.165, 1.54) is 0 Å². The van der Waals surface area contributed by atoms with Gasteiger partial charge in [0.2, 0.25) is 0 Å². The Labute approximate surface area is 183 Å². The van der Waals surface area contributed by atoms with Crippen LogP contribution in [0, 0.1) is 5.92 Å². The van der Waals surface area contributed by atoms with Gasteiger partial charge < -0.3 is 24.3 Å². The third kappa shape index (κ3) is 7.15. The number of ether oxygens (including phenoxy) is 2. The van der Waals surface area contributed by atoms with Crippen molar-refractivity contribution in [2.24, 2.45) is 11.1 Å². The predicted octanol–water partition coefficient (Wildman–Crippen LogP) is 4.07. The highest BCUT2D eigenvalue weighted by atomic mass is 16.6. The summed E-state index contributed by atoms with van der Waals surface area (Å²) >= 11 is 0. The summed E-state index contributed by atoms with van der Waals surface area (Å²) in [7, 11) is 0. The van der Waals surface area contributed by atoms with Crippen LogP contribution in [-0.4, -0.2) is 59.2 Å². The summed E-state index contributed by atoms with van der Waals surface area (Å²) < 4.78 is 11.4. The van der Waals surface area contributed by atoms with Crippen LogP contribution in [0.3, 0.4) is 0 Å². The maximum absolute atomic E-state index is 12.2. The summed E-state index contributed by atoms with van der Waals surface area (Å²) in [5, 5.41) is 12.9. The summed E-state index contributed by atoms with van der Waals surface area (Å²) in [6.07, 6.45) is 2.52. The topological polar surface area (TPSA) is 97.7 Å². The molecule has 0 unspecified atom stereocenters. The lowest BCUT2D eigenvalue weighted by atomic mass is 9.98. The van der Waals surface area contributed by atoms with Crippen LogP contribution in [0.5, 0.6) is 5.75 Å². The summed E-state index contributed by atoms with van der Waals surface area (Å²) in [6.45, 7) is 7.61. The molecule has 1 aromatic rings. The van der Waals surface area contributed by atoms with Crippen LogP contribution >= 0.6 is 0 Å². The van der Waals surface area contributed by atoms with Gasteiger partial charge in [0.1, 0.15) is 17.5 Å². The zero-order valence-electron chi connectivity index (χ0n) is 18.5. The molecular weight excluding hydrogens is 400 g/mol. The molecule has 170 valence electrons. The van der Waals surface area contributed by atoms with Crippen LogP contribution in [0.1, 0.15) is 58.4 Å². The number of carbonyl (C=O) groups is 2. The van der Waals surface area contributed by atoms with Crippen molar-refractivity contribution in [3.63, 3.8) is 0 Å². The molecule has 2 aliphatic rings. The van der Waals surface area contributed by atoms with Gasteiger partial charge in [-0.25, -0.2) is 4.79 Å². The molecular formula is C23H32N2O6. The van der Waals surface area contributed by atoms with E-state index in [1.807, 2.05) is 45.0 Å². The molecule has 8 nitrogen and oxygen atoms in total. The smallest absolute Gasteiger partial charge is 0.410 e. The Kier molecular flexibility index (Phi) is 7.41. The van der Waals surface area contributed by atoms with E-state index in [1.54, 1.807) is 4.90 Å². The molecule has 31 heavy (non-hydrogen) atoms. The lowest BCUT2D eigenvalue weighted by molar-refractivity contribution is -0.137. The van der Waals surface area contributed by atoms with Crippen molar-refractivity contribution in [3.05, 3.63) is 29.8 Å². The van der Waals surface area contributed by atoms with E-state index in [-0.39, 0.29) is 18.6 Å². The second-order valence-corrected chi connectivity index (χ2v) is 9.15. The van der Waals surface area contributed by atoms with Gasteiger partial charge in [0.05, 0.1) is 12.3 Å². The molecule has 1 aromatic carbocycles. The number of oxime groups is 1. The maximum atomic E-state index is 12.2. The van der Waals surface area contributed by atoms with Crippen molar-refractivity contribution < 1.29 is 29.0 Å². The van der Waals surface area contributed by atoms with Crippen molar-refractivity contribution in [1.29, 1.82) is 0 Å². The van der Waals surface area contributed by atoms with Crippen molar-refractivity contribution in [2.75, 3.05) is 19.7 Å². The molecule has 0 aromatic heterocycles. The molecule has 2 aliphatic heterocycles. The largest absolute Gasteiger partial charge is 0.493 e. The van der Waals surface area contributed by atoms with Gasteiger partial charge in [-0.1, -0.05) is 5.16 Å². The van der Waals surface area contributed by atoms with Crippen molar-refractivity contribution >= 4 is 17.8 Å². The average Bonchev–Trinajstić information content (AvgIpc) is 3.19. The number of hydrogen-bond donors (Lipinski definition) is 1. The second kappa shape index (κ2) is 10.0. The second-order valence-electron chi connectivity index (χ2n) is 9.15. The van der Waals surface area contributed by atoms with E-state index in [2.05, 4.69) is 5.16 Å². The fourth-order valence-corrected chi connectivity index (χ4v) is 3.60. The first kappa shape index (κ1) is 22.9. The van der Waals surface area contributed by atoms with Crippen LogP contribution in [0.25, 0.3) is 0 Å². The number of amides is 1. The number of aliphatic carboxylic acids is 1. The Morgan fingerprint density at radius 2 is 1.87 bits per heavy atom. The first-order valence-corrected chi connectivity index (χ1v) is 10.9. The number of carbonyl (C=O) groups excluding carboxylic acids is 1. The minimum absolute atomic E-state index is 0.0803. The fraction of sp³-hybridized carbons (Fsp3) is 0.609. The van der Waals surface area contributed by atoms with Gasteiger partial charge in [-0.3, -0.25) is 4.79 Å². The zero-order chi connectivity index (χ0) is 22.4. The minimum atomic E-state index is -0.825. The maximum Gasteiger partial charge on any atom is 0.410 e. The normalized spacial score (nSPS) is 19.5. The molecule has 1 saturated heterocycles. The number of nitrogens with zero attached hydrogens (tertiary/aromatic N) is 2. The van der Waals surface area contributed by atoms with Gasteiger partial charge in [0.25, 0.3) is 0 Å². The molecule has 0 bridgehead atoms. The van der Waals surface area contributed by atoms with E-state index in [4.69, 9.17) is 19.4 Å². The predicted molar refractivity (Wildman–Crippen MR) is 115 cm³/mol. The SMILES string of the molecule is CC(C)(C)OC(=O)N1CCC(COc2ccc(C3=NO[C@H](CCC(=O)O)C3)cc2)CC1. The first-order chi connectivity index (χ1) is 14.7. The van der Waals surface area contributed by atoms with E-state index in [0.717, 1.165) is 29.9 Å². The van der Waals surface area contributed by atoms with E-state index < -0.39 is 11.6 Å². The Bertz CT molecular complexity index is 791. The summed E-state index contributed by atoms with van der Waals surface area (Å²) in [4.78, 5) is 29.9. The number of carboxylic acids is 1. The highest BCUT2D eigenvalue weighted by Gasteiger charge is 2.27. The summed E-state index contributed by atoms with van der Waals surface area (Å²) in [5.41, 5.74) is 1.31. The monoisotopic (exact) mass is 432 g/mol. The number of carboxylic acid groups (broad SMARTS) is 1. The van der Waals surface area contributed by atoms with E-state index >= 15 is 0 Å². The van der Waals surface area contributed by atoms with Crippen molar-refractivity contribution in [1.82, 2.24) is 4.90 Å². The van der Waals surface area contributed by atoms with Gasteiger partial charge in [0, 0.05) is 25.9 Å². The average molecular weight is 433 g/mol. The first-order valence-electron chi connectivity index (χ1n) is 10.9. The highest BCUT2D eigenvalue weighted by molar-refractivity contribution is 6.01. The van der Waals surface area contributed by atoms with Gasteiger partial charge in [-0.05, 0) is 75.8 Å². The summed E-state index contributed by atoms with van der Waals surface area (Å²) in [6, 6.07) is 7.72. The van der Waals surface area contributed by atoms with Crippen molar-refractivity contribution in [3.8, 4) is 5.75 Å². The lowest BCUT2D eigenvalue weighted by Crippen LogP contribution is -2.42. The minimum Gasteiger partial charge on any atom is -0.493 e. The van der Waals surface area contributed by atoms with E-state index in [9.17, 15) is 9.59 Å². The molecule has 0 saturated carbocycles. The molecule has 2 heterocycles. The van der Waals surface area contributed by atoms with Crippen LogP contribution < -0.4 is 4.74 Å². The molecule has 0 radical (unpaired) electrons. The number of piperidine rings is 1. The van der Waals surface area contributed by atoms with Crippen LogP contribution in [0.15, 0.2) is 29.4 Å². The van der Waals surface area contributed by atoms with Crippen molar-refractivity contribution in [2.45, 2.75) is 64.6 Å². The third-order valence-corrected chi connectivity index (χ3v) is 5.35. The molecule has 3 rings (SSSR count). The molecule has 0 aliphatic carbocycles. The fourth-order valence-electron chi connectivity index (χ4n) is 3.60. The molecule has 8 heteroatoms. The zero-order valence-corrected chi connectivity index (χ0v) is 18.5. The number of likely N-dealkylation sites (tertiary alicyclic amines) is 1. The van der Waals surface area contributed by atoms with Gasteiger partial charge in [0.15, 0.2) is 0 Å². The summed E-state index contributed by atoms with van der Waals surface area (Å²) in [5.74, 6) is 0.371. The quantitative estimate of drug-likeness (QED) is 0.697.